The maximum Gasteiger partial charge on any atom is 0.416 e. The van der Waals surface area contributed by atoms with Crippen molar-refractivity contribution in [2.24, 2.45) is 11.3 Å². The van der Waals surface area contributed by atoms with Gasteiger partial charge in [-0.3, -0.25) is 10.6 Å². The molecule has 0 saturated carbocycles. The SMILES string of the molecule is CN(CC(C)(C)C)C(=O)c1cc(C(F)(F)F)ccc1NN. The molecule has 1 aromatic carbocycles. The zero-order valence-corrected chi connectivity index (χ0v) is 12.5. The number of hydrogen-bond donors (Lipinski definition) is 2. The van der Waals surface area contributed by atoms with Crippen molar-refractivity contribution in [2.75, 3.05) is 19.0 Å². The largest absolute Gasteiger partial charge is 0.416 e. The van der Waals surface area contributed by atoms with E-state index < -0.39 is 17.6 Å². The fourth-order valence-corrected chi connectivity index (χ4v) is 2.01. The van der Waals surface area contributed by atoms with Crippen molar-refractivity contribution in [3.63, 3.8) is 0 Å². The molecule has 118 valence electrons. The van der Waals surface area contributed by atoms with Crippen LogP contribution in [0.3, 0.4) is 0 Å². The summed E-state index contributed by atoms with van der Waals surface area (Å²) in [5.74, 6) is 4.76. The zero-order valence-electron chi connectivity index (χ0n) is 12.5. The molecule has 0 radical (unpaired) electrons. The van der Waals surface area contributed by atoms with E-state index in [1.54, 1.807) is 7.05 Å². The van der Waals surface area contributed by atoms with Gasteiger partial charge in [0, 0.05) is 13.6 Å². The average molecular weight is 303 g/mol. The lowest BCUT2D eigenvalue weighted by atomic mass is 9.96. The van der Waals surface area contributed by atoms with Crippen molar-refractivity contribution >= 4 is 11.6 Å². The van der Waals surface area contributed by atoms with Crippen LogP contribution in [-0.2, 0) is 6.18 Å². The molecule has 21 heavy (non-hydrogen) atoms. The molecule has 1 aromatic rings. The Morgan fingerprint density at radius 1 is 1.29 bits per heavy atom. The van der Waals surface area contributed by atoms with Crippen LogP contribution in [0.5, 0.6) is 0 Å². The molecule has 0 aliphatic heterocycles. The van der Waals surface area contributed by atoms with Gasteiger partial charge in [-0.25, -0.2) is 0 Å². The summed E-state index contributed by atoms with van der Waals surface area (Å²) in [6, 6.07) is 2.85. The third-order valence-corrected chi connectivity index (χ3v) is 2.79. The number of nitrogen functional groups attached to an aromatic ring is 1. The van der Waals surface area contributed by atoms with Crippen molar-refractivity contribution < 1.29 is 18.0 Å². The summed E-state index contributed by atoms with van der Waals surface area (Å²) in [4.78, 5) is 13.7. The van der Waals surface area contributed by atoms with Crippen LogP contribution in [0.1, 0.15) is 36.7 Å². The van der Waals surface area contributed by atoms with E-state index in [0.29, 0.717) is 6.54 Å². The number of halogens is 3. The van der Waals surface area contributed by atoms with Gasteiger partial charge in [0.15, 0.2) is 0 Å². The number of hydrogen-bond acceptors (Lipinski definition) is 3. The van der Waals surface area contributed by atoms with Crippen LogP contribution in [0.15, 0.2) is 18.2 Å². The summed E-state index contributed by atoms with van der Waals surface area (Å²) in [7, 11) is 1.55. The van der Waals surface area contributed by atoms with E-state index in [2.05, 4.69) is 5.43 Å². The highest BCUT2D eigenvalue weighted by atomic mass is 19.4. The Morgan fingerprint density at radius 3 is 2.29 bits per heavy atom. The van der Waals surface area contributed by atoms with E-state index in [9.17, 15) is 18.0 Å². The normalized spacial score (nSPS) is 12.2. The van der Waals surface area contributed by atoms with E-state index in [-0.39, 0.29) is 16.7 Å². The molecule has 1 amide bonds. The number of carbonyl (C=O) groups excluding carboxylic acids is 1. The van der Waals surface area contributed by atoms with Gasteiger partial charge in [-0.2, -0.15) is 13.2 Å². The molecule has 7 heteroatoms. The lowest BCUT2D eigenvalue weighted by molar-refractivity contribution is -0.137. The number of carbonyl (C=O) groups is 1. The quantitative estimate of drug-likeness (QED) is 0.666. The number of alkyl halides is 3. The molecule has 4 nitrogen and oxygen atoms in total. The van der Waals surface area contributed by atoms with Crippen molar-refractivity contribution in [1.29, 1.82) is 0 Å². The van der Waals surface area contributed by atoms with Crippen LogP contribution in [0.4, 0.5) is 18.9 Å². The number of nitrogens with zero attached hydrogens (tertiary/aromatic N) is 1. The first-order chi connectivity index (χ1) is 9.45. The Kier molecular flexibility index (Phi) is 4.88. The standard InChI is InChI=1S/C14H20F3N3O/c1-13(2,3)8-20(4)12(21)10-7-9(14(15,16)17)5-6-11(10)19-18/h5-7,19H,8,18H2,1-4H3. The lowest BCUT2D eigenvalue weighted by Crippen LogP contribution is -2.35. The van der Waals surface area contributed by atoms with Crippen LogP contribution in [0.25, 0.3) is 0 Å². The van der Waals surface area contributed by atoms with E-state index in [0.717, 1.165) is 18.2 Å². The molecule has 0 aromatic heterocycles. The Morgan fingerprint density at radius 2 is 1.86 bits per heavy atom. The minimum Gasteiger partial charge on any atom is -0.341 e. The molecule has 0 unspecified atom stereocenters. The Balaban J connectivity index is 3.18. The number of rotatable bonds is 3. The highest BCUT2D eigenvalue weighted by molar-refractivity contribution is 5.99. The van der Waals surface area contributed by atoms with Crippen LogP contribution in [-0.4, -0.2) is 24.4 Å². The highest BCUT2D eigenvalue weighted by Gasteiger charge is 2.32. The van der Waals surface area contributed by atoms with Crippen LogP contribution in [0, 0.1) is 5.41 Å². The predicted octanol–water partition coefficient (Wildman–Crippen LogP) is 3.11. The van der Waals surface area contributed by atoms with Gasteiger partial charge in [0.05, 0.1) is 16.8 Å². The smallest absolute Gasteiger partial charge is 0.341 e. The average Bonchev–Trinajstić information content (AvgIpc) is 2.33. The molecule has 0 spiro atoms. The molecule has 0 aliphatic carbocycles. The first-order valence-corrected chi connectivity index (χ1v) is 6.39. The fourth-order valence-electron chi connectivity index (χ4n) is 2.01. The monoisotopic (exact) mass is 303 g/mol. The zero-order chi connectivity index (χ0) is 16.4. The molecule has 1 rings (SSSR count). The van der Waals surface area contributed by atoms with Crippen molar-refractivity contribution in [2.45, 2.75) is 26.9 Å². The number of hydrazine groups is 1. The summed E-state index contributed by atoms with van der Waals surface area (Å²) >= 11 is 0. The highest BCUT2D eigenvalue weighted by Crippen LogP contribution is 2.32. The molecule has 0 heterocycles. The molecular formula is C14H20F3N3O. The maximum atomic E-state index is 12.8. The third-order valence-electron chi connectivity index (χ3n) is 2.79. The van der Waals surface area contributed by atoms with Gasteiger partial charge in [0.2, 0.25) is 0 Å². The van der Waals surface area contributed by atoms with Gasteiger partial charge in [-0.15, -0.1) is 0 Å². The van der Waals surface area contributed by atoms with Crippen molar-refractivity contribution in [3.8, 4) is 0 Å². The topological polar surface area (TPSA) is 58.4 Å². The predicted molar refractivity (Wildman–Crippen MR) is 75.7 cm³/mol. The molecule has 0 atom stereocenters. The first kappa shape index (κ1) is 17.3. The fraction of sp³-hybridized carbons (Fsp3) is 0.500. The Hall–Kier alpha value is -1.76. The molecular weight excluding hydrogens is 283 g/mol. The maximum absolute atomic E-state index is 12.8. The molecule has 0 bridgehead atoms. The third kappa shape index (κ3) is 4.63. The van der Waals surface area contributed by atoms with E-state index in [1.807, 2.05) is 20.8 Å². The number of anilines is 1. The van der Waals surface area contributed by atoms with Crippen LogP contribution < -0.4 is 11.3 Å². The van der Waals surface area contributed by atoms with E-state index in [1.165, 1.54) is 4.90 Å². The van der Waals surface area contributed by atoms with Crippen molar-refractivity contribution in [1.82, 2.24) is 4.90 Å². The van der Waals surface area contributed by atoms with Gasteiger partial charge >= 0.3 is 6.18 Å². The Labute approximate surface area is 122 Å². The number of benzene rings is 1. The molecule has 3 N–H and O–H groups in total. The van der Waals surface area contributed by atoms with E-state index >= 15 is 0 Å². The van der Waals surface area contributed by atoms with Gasteiger partial charge in [0.1, 0.15) is 0 Å². The van der Waals surface area contributed by atoms with Crippen LogP contribution in [0.2, 0.25) is 0 Å². The van der Waals surface area contributed by atoms with E-state index in [4.69, 9.17) is 5.84 Å². The summed E-state index contributed by atoms with van der Waals surface area (Å²) in [6.07, 6.45) is -4.51. The second-order valence-corrected chi connectivity index (χ2v) is 6.12. The minimum atomic E-state index is -4.51. The number of nitrogens with one attached hydrogen (secondary N) is 1. The van der Waals surface area contributed by atoms with Crippen molar-refractivity contribution in [3.05, 3.63) is 29.3 Å². The molecule has 0 saturated heterocycles. The second-order valence-electron chi connectivity index (χ2n) is 6.12. The summed E-state index contributed by atoms with van der Waals surface area (Å²) in [5.41, 5.74) is 1.28. The molecule has 0 fully saturated rings. The van der Waals surface area contributed by atoms with Gasteiger partial charge < -0.3 is 10.3 Å². The Bertz CT molecular complexity index is 521. The van der Waals surface area contributed by atoms with Gasteiger partial charge in [-0.1, -0.05) is 20.8 Å². The van der Waals surface area contributed by atoms with Crippen LogP contribution >= 0.6 is 0 Å². The second kappa shape index (κ2) is 5.93. The summed E-state index contributed by atoms with van der Waals surface area (Å²) < 4.78 is 38.3. The first-order valence-electron chi connectivity index (χ1n) is 6.39. The molecule has 0 aliphatic rings. The number of amides is 1. The summed E-state index contributed by atoms with van der Waals surface area (Å²) in [6.45, 7) is 6.22. The lowest BCUT2D eigenvalue weighted by Gasteiger charge is -2.27. The minimum absolute atomic E-state index is 0.0981. The number of nitrogens with two attached hydrogens (primary N) is 1. The summed E-state index contributed by atoms with van der Waals surface area (Å²) in [5, 5.41) is 0. The van der Waals surface area contributed by atoms with Gasteiger partial charge in [-0.05, 0) is 23.6 Å². The van der Waals surface area contributed by atoms with Gasteiger partial charge in [0.25, 0.3) is 5.91 Å².